The van der Waals surface area contributed by atoms with Gasteiger partial charge in [0.2, 0.25) is 0 Å². The SMILES string of the molecule is CCC(C)(C)c1ccc(OCCNC(C)C2CC2)cc1. The highest BCUT2D eigenvalue weighted by atomic mass is 16.5. The third-order valence-electron chi connectivity index (χ3n) is 4.69. The summed E-state index contributed by atoms with van der Waals surface area (Å²) in [4.78, 5) is 0. The van der Waals surface area contributed by atoms with E-state index in [9.17, 15) is 0 Å². The van der Waals surface area contributed by atoms with Crippen molar-refractivity contribution in [1.82, 2.24) is 5.32 Å². The van der Waals surface area contributed by atoms with Gasteiger partial charge in [-0.15, -0.1) is 0 Å². The van der Waals surface area contributed by atoms with E-state index in [0.29, 0.717) is 6.04 Å². The minimum Gasteiger partial charge on any atom is -0.492 e. The number of nitrogens with one attached hydrogen (secondary N) is 1. The summed E-state index contributed by atoms with van der Waals surface area (Å²) in [6.07, 6.45) is 3.93. The lowest BCUT2D eigenvalue weighted by Gasteiger charge is -2.23. The molecule has 112 valence electrons. The Hall–Kier alpha value is -1.02. The second-order valence-electron chi connectivity index (χ2n) is 6.69. The van der Waals surface area contributed by atoms with Gasteiger partial charge in [-0.05, 0) is 55.2 Å². The third kappa shape index (κ3) is 4.24. The van der Waals surface area contributed by atoms with Crippen LogP contribution in [0.15, 0.2) is 24.3 Å². The van der Waals surface area contributed by atoms with Gasteiger partial charge in [0.25, 0.3) is 0 Å². The normalized spacial score (nSPS) is 17.0. The summed E-state index contributed by atoms with van der Waals surface area (Å²) < 4.78 is 5.80. The largest absolute Gasteiger partial charge is 0.492 e. The van der Waals surface area contributed by atoms with Crippen LogP contribution in [-0.4, -0.2) is 19.2 Å². The fourth-order valence-electron chi connectivity index (χ4n) is 2.42. The van der Waals surface area contributed by atoms with E-state index in [0.717, 1.165) is 31.2 Å². The number of ether oxygens (including phenoxy) is 1. The predicted octanol–water partition coefficient (Wildman–Crippen LogP) is 4.14. The minimum atomic E-state index is 0.250. The molecule has 1 atom stereocenters. The summed E-state index contributed by atoms with van der Waals surface area (Å²) in [5, 5.41) is 3.53. The van der Waals surface area contributed by atoms with Gasteiger partial charge in [-0.1, -0.05) is 32.9 Å². The molecular formula is C18H29NO. The average molecular weight is 275 g/mol. The van der Waals surface area contributed by atoms with Crippen molar-refractivity contribution in [3.05, 3.63) is 29.8 Å². The summed E-state index contributed by atoms with van der Waals surface area (Å²) in [6, 6.07) is 9.22. The van der Waals surface area contributed by atoms with E-state index in [2.05, 4.69) is 57.3 Å². The molecule has 1 aromatic rings. The van der Waals surface area contributed by atoms with Crippen LogP contribution >= 0.6 is 0 Å². The second kappa shape index (κ2) is 6.62. The third-order valence-corrected chi connectivity index (χ3v) is 4.69. The lowest BCUT2D eigenvalue weighted by atomic mass is 9.82. The fraction of sp³-hybridized carbons (Fsp3) is 0.667. The molecule has 0 bridgehead atoms. The minimum absolute atomic E-state index is 0.250. The molecule has 0 radical (unpaired) electrons. The second-order valence-corrected chi connectivity index (χ2v) is 6.69. The molecule has 1 unspecified atom stereocenters. The number of hydrogen-bond donors (Lipinski definition) is 1. The Labute approximate surface area is 123 Å². The van der Waals surface area contributed by atoms with Crippen LogP contribution in [-0.2, 0) is 5.41 Å². The van der Waals surface area contributed by atoms with Gasteiger partial charge in [0.05, 0.1) is 0 Å². The van der Waals surface area contributed by atoms with Crippen molar-refractivity contribution < 1.29 is 4.74 Å². The zero-order valence-electron chi connectivity index (χ0n) is 13.4. The summed E-state index contributed by atoms with van der Waals surface area (Å²) >= 11 is 0. The number of rotatable bonds is 8. The predicted molar refractivity (Wildman–Crippen MR) is 85.4 cm³/mol. The first-order valence-electron chi connectivity index (χ1n) is 7.99. The van der Waals surface area contributed by atoms with E-state index in [1.54, 1.807) is 0 Å². The molecule has 2 heteroatoms. The van der Waals surface area contributed by atoms with Gasteiger partial charge in [-0.2, -0.15) is 0 Å². The van der Waals surface area contributed by atoms with Gasteiger partial charge in [0, 0.05) is 12.6 Å². The Bertz CT molecular complexity index is 406. The van der Waals surface area contributed by atoms with E-state index in [4.69, 9.17) is 4.74 Å². The lowest BCUT2D eigenvalue weighted by Crippen LogP contribution is -2.31. The molecule has 1 aromatic carbocycles. The molecule has 1 aliphatic carbocycles. The van der Waals surface area contributed by atoms with Crippen molar-refractivity contribution >= 4 is 0 Å². The molecule has 1 fully saturated rings. The highest BCUT2D eigenvalue weighted by Gasteiger charge is 2.27. The molecule has 1 aliphatic rings. The van der Waals surface area contributed by atoms with Crippen LogP contribution in [0.1, 0.15) is 52.5 Å². The quantitative estimate of drug-likeness (QED) is 0.720. The van der Waals surface area contributed by atoms with Crippen LogP contribution in [0, 0.1) is 5.92 Å². The summed E-state index contributed by atoms with van der Waals surface area (Å²) in [6.45, 7) is 10.8. The van der Waals surface area contributed by atoms with Crippen molar-refractivity contribution in [3.8, 4) is 5.75 Å². The van der Waals surface area contributed by atoms with Gasteiger partial charge in [0.1, 0.15) is 12.4 Å². The maximum Gasteiger partial charge on any atom is 0.119 e. The van der Waals surface area contributed by atoms with Gasteiger partial charge in [-0.25, -0.2) is 0 Å². The van der Waals surface area contributed by atoms with Gasteiger partial charge >= 0.3 is 0 Å². The summed E-state index contributed by atoms with van der Waals surface area (Å²) in [5.41, 5.74) is 1.63. The zero-order valence-corrected chi connectivity index (χ0v) is 13.4. The first kappa shape index (κ1) is 15.4. The monoisotopic (exact) mass is 275 g/mol. The molecule has 2 rings (SSSR count). The Morgan fingerprint density at radius 2 is 1.90 bits per heavy atom. The Morgan fingerprint density at radius 1 is 1.25 bits per heavy atom. The van der Waals surface area contributed by atoms with Crippen molar-refractivity contribution in [1.29, 1.82) is 0 Å². The van der Waals surface area contributed by atoms with E-state index in [1.807, 2.05) is 0 Å². The van der Waals surface area contributed by atoms with Crippen LogP contribution < -0.4 is 10.1 Å². The summed E-state index contributed by atoms with van der Waals surface area (Å²) in [7, 11) is 0. The highest BCUT2D eigenvalue weighted by Crippen LogP contribution is 2.32. The number of hydrogen-bond acceptors (Lipinski definition) is 2. The van der Waals surface area contributed by atoms with E-state index in [1.165, 1.54) is 18.4 Å². The smallest absolute Gasteiger partial charge is 0.119 e. The van der Waals surface area contributed by atoms with Crippen molar-refractivity contribution in [2.24, 2.45) is 5.92 Å². The molecule has 20 heavy (non-hydrogen) atoms. The van der Waals surface area contributed by atoms with E-state index in [-0.39, 0.29) is 5.41 Å². The van der Waals surface area contributed by atoms with Gasteiger partial charge < -0.3 is 10.1 Å². The molecule has 0 amide bonds. The van der Waals surface area contributed by atoms with Crippen molar-refractivity contribution in [2.75, 3.05) is 13.2 Å². The zero-order chi connectivity index (χ0) is 14.6. The maximum absolute atomic E-state index is 5.80. The molecule has 1 saturated carbocycles. The topological polar surface area (TPSA) is 21.3 Å². The van der Waals surface area contributed by atoms with Crippen LogP contribution in [0.2, 0.25) is 0 Å². The van der Waals surface area contributed by atoms with Crippen molar-refractivity contribution in [3.63, 3.8) is 0 Å². The molecule has 0 saturated heterocycles. The van der Waals surface area contributed by atoms with Gasteiger partial charge in [0.15, 0.2) is 0 Å². The lowest BCUT2D eigenvalue weighted by molar-refractivity contribution is 0.303. The molecular weight excluding hydrogens is 246 g/mol. The Balaban J connectivity index is 1.73. The number of benzene rings is 1. The molecule has 1 N–H and O–H groups in total. The van der Waals surface area contributed by atoms with Crippen molar-refractivity contribution in [2.45, 2.75) is 58.4 Å². The molecule has 0 aliphatic heterocycles. The Morgan fingerprint density at radius 3 is 2.45 bits per heavy atom. The summed E-state index contributed by atoms with van der Waals surface area (Å²) in [5.74, 6) is 1.88. The maximum atomic E-state index is 5.80. The molecule has 2 nitrogen and oxygen atoms in total. The Kier molecular flexibility index (Phi) is 5.09. The van der Waals surface area contributed by atoms with E-state index >= 15 is 0 Å². The molecule has 0 heterocycles. The first-order valence-corrected chi connectivity index (χ1v) is 7.99. The molecule has 0 aromatic heterocycles. The van der Waals surface area contributed by atoms with Crippen LogP contribution in [0.25, 0.3) is 0 Å². The van der Waals surface area contributed by atoms with Crippen LogP contribution in [0.4, 0.5) is 0 Å². The van der Waals surface area contributed by atoms with E-state index < -0.39 is 0 Å². The van der Waals surface area contributed by atoms with Crippen LogP contribution in [0.5, 0.6) is 5.75 Å². The molecule has 0 spiro atoms. The van der Waals surface area contributed by atoms with Gasteiger partial charge in [-0.3, -0.25) is 0 Å². The average Bonchev–Trinajstić information content (AvgIpc) is 3.28. The highest BCUT2D eigenvalue weighted by molar-refractivity contribution is 5.31. The standard InChI is InChI=1S/C18H29NO/c1-5-18(3,4)16-8-10-17(11-9-16)20-13-12-19-14(2)15-6-7-15/h8-11,14-15,19H,5-7,12-13H2,1-4H3. The fourth-order valence-corrected chi connectivity index (χ4v) is 2.42. The first-order chi connectivity index (χ1) is 9.53. The van der Waals surface area contributed by atoms with Crippen LogP contribution in [0.3, 0.4) is 0 Å².